The van der Waals surface area contributed by atoms with Gasteiger partial charge in [0.25, 0.3) is 5.91 Å². The molecule has 1 aliphatic heterocycles. The van der Waals surface area contributed by atoms with Gasteiger partial charge in [-0.25, -0.2) is 17.8 Å². The van der Waals surface area contributed by atoms with Crippen LogP contribution in [0.25, 0.3) is 5.69 Å². The molecule has 1 amide bonds. The summed E-state index contributed by atoms with van der Waals surface area (Å²) in [5.74, 6) is 0.433. The minimum atomic E-state index is -3.56. The largest absolute Gasteiger partial charge is 0.348 e. The first-order valence-corrected chi connectivity index (χ1v) is 12.4. The molecule has 0 radical (unpaired) electrons. The van der Waals surface area contributed by atoms with E-state index in [1.165, 1.54) is 34.6 Å². The van der Waals surface area contributed by atoms with Gasteiger partial charge < -0.3 is 9.88 Å². The third-order valence-corrected chi connectivity index (χ3v) is 7.96. The zero-order valence-electron chi connectivity index (χ0n) is 18.7. The van der Waals surface area contributed by atoms with E-state index in [-0.39, 0.29) is 17.3 Å². The molecule has 33 heavy (non-hydrogen) atoms. The van der Waals surface area contributed by atoms with Crippen molar-refractivity contribution in [3.05, 3.63) is 77.6 Å². The molecule has 0 unspecified atom stereocenters. The summed E-state index contributed by atoms with van der Waals surface area (Å²) in [6.07, 6.45) is 4.99. The Labute approximate surface area is 193 Å². The Morgan fingerprint density at radius 1 is 1.15 bits per heavy atom. The predicted molar refractivity (Wildman–Crippen MR) is 123 cm³/mol. The number of sulfonamides is 1. The zero-order chi connectivity index (χ0) is 23.6. The number of amides is 1. The third-order valence-electron chi connectivity index (χ3n) is 6.05. The van der Waals surface area contributed by atoms with Crippen molar-refractivity contribution in [2.45, 2.75) is 38.1 Å². The summed E-state index contributed by atoms with van der Waals surface area (Å²) in [7, 11) is -3.56. The molecule has 1 fully saturated rings. The lowest BCUT2D eigenvalue weighted by atomic mass is 10.0. The van der Waals surface area contributed by atoms with Gasteiger partial charge in [0.1, 0.15) is 11.6 Å². The molecule has 1 aromatic heterocycles. The number of benzene rings is 2. The highest BCUT2D eigenvalue weighted by atomic mass is 32.2. The van der Waals surface area contributed by atoms with Crippen LogP contribution in [0.1, 0.15) is 41.5 Å². The van der Waals surface area contributed by atoms with Crippen LogP contribution in [0.15, 0.2) is 59.8 Å². The molecule has 174 valence electrons. The summed E-state index contributed by atoms with van der Waals surface area (Å²) in [6, 6.07) is 10.7. The number of imidazole rings is 1. The van der Waals surface area contributed by atoms with Crippen molar-refractivity contribution >= 4 is 15.9 Å². The summed E-state index contributed by atoms with van der Waals surface area (Å²) in [4.78, 5) is 16.8. The molecule has 7 nitrogen and oxygen atoms in total. The number of nitrogens with zero attached hydrogens (tertiary/aromatic N) is 3. The molecule has 0 bridgehead atoms. The van der Waals surface area contributed by atoms with E-state index in [1.54, 1.807) is 36.0 Å². The lowest BCUT2D eigenvalue weighted by Crippen LogP contribution is -2.37. The van der Waals surface area contributed by atoms with Gasteiger partial charge in [-0.1, -0.05) is 13.0 Å². The molecule has 0 aliphatic carbocycles. The first-order valence-electron chi connectivity index (χ1n) is 10.9. The van der Waals surface area contributed by atoms with Crippen molar-refractivity contribution in [1.29, 1.82) is 0 Å². The van der Waals surface area contributed by atoms with Crippen LogP contribution in [0.2, 0.25) is 0 Å². The predicted octanol–water partition coefficient (Wildman–Crippen LogP) is 3.67. The van der Waals surface area contributed by atoms with Gasteiger partial charge in [0.2, 0.25) is 10.0 Å². The molecular weight excluding hydrogens is 443 g/mol. The van der Waals surface area contributed by atoms with Crippen molar-refractivity contribution in [1.82, 2.24) is 19.2 Å². The smallest absolute Gasteiger partial charge is 0.251 e. The van der Waals surface area contributed by atoms with Crippen LogP contribution in [0.3, 0.4) is 0 Å². The van der Waals surface area contributed by atoms with Gasteiger partial charge in [0.05, 0.1) is 10.6 Å². The number of carbonyl (C=O) groups excluding carboxylic acids is 1. The van der Waals surface area contributed by atoms with E-state index < -0.39 is 15.8 Å². The Bertz CT molecular complexity index is 1250. The topological polar surface area (TPSA) is 84.3 Å². The SMILES string of the molecule is Cc1nccn1-c1ccc(CNC(=O)c2ccc(S(=O)(=O)N3CCC(C)CC3)cc2)cc1F. The number of carbonyl (C=O) groups is 1. The summed E-state index contributed by atoms with van der Waals surface area (Å²) in [6.45, 7) is 5.09. The Morgan fingerprint density at radius 2 is 1.85 bits per heavy atom. The second kappa shape index (κ2) is 9.44. The van der Waals surface area contributed by atoms with E-state index in [0.29, 0.717) is 41.6 Å². The molecule has 1 N–H and O–H groups in total. The van der Waals surface area contributed by atoms with Crippen LogP contribution in [-0.2, 0) is 16.6 Å². The molecule has 4 rings (SSSR count). The molecule has 0 spiro atoms. The highest BCUT2D eigenvalue weighted by Crippen LogP contribution is 2.24. The van der Waals surface area contributed by atoms with E-state index in [1.807, 2.05) is 0 Å². The number of piperidine rings is 1. The normalized spacial score (nSPS) is 15.5. The number of hydrogen-bond acceptors (Lipinski definition) is 4. The molecule has 0 saturated carbocycles. The maximum Gasteiger partial charge on any atom is 0.251 e. The van der Waals surface area contributed by atoms with E-state index in [0.717, 1.165) is 12.8 Å². The lowest BCUT2D eigenvalue weighted by molar-refractivity contribution is 0.0950. The van der Waals surface area contributed by atoms with Gasteiger partial charge in [-0.05, 0) is 67.6 Å². The second-order valence-electron chi connectivity index (χ2n) is 8.42. The minimum absolute atomic E-state index is 0.144. The van der Waals surface area contributed by atoms with Crippen LogP contribution >= 0.6 is 0 Å². The van der Waals surface area contributed by atoms with Crippen LogP contribution in [0.4, 0.5) is 4.39 Å². The fraction of sp³-hybridized carbons (Fsp3) is 0.333. The number of nitrogens with one attached hydrogen (secondary N) is 1. The van der Waals surface area contributed by atoms with Gasteiger partial charge in [-0.15, -0.1) is 0 Å². The van der Waals surface area contributed by atoms with Crippen LogP contribution in [0, 0.1) is 18.7 Å². The van der Waals surface area contributed by atoms with Crippen LogP contribution < -0.4 is 5.32 Å². The number of rotatable bonds is 6. The molecule has 0 atom stereocenters. The van der Waals surface area contributed by atoms with Crippen molar-refractivity contribution in [3.8, 4) is 5.69 Å². The summed E-state index contributed by atoms with van der Waals surface area (Å²) in [5, 5.41) is 2.75. The maximum atomic E-state index is 14.5. The van der Waals surface area contributed by atoms with E-state index >= 15 is 0 Å². The van der Waals surface area contributed by atoms with Crippen molar-refractivity contribution in [2.75, 3.05) is 13.1 Å². The standard InChI is InChI=1S/C24H27FN4O3S/c1-17-9-12-28(13-10-17)33(31,32)21-6-4-20(5-7-21)24(30)27-16-19-3-8-23(22(25)15-19)29-14-11-26-18(29)2/h3-8,11,14-15,17H,9-10,12-13,16H2,1-2H3,(H,27,30). The first-order chi connectivity index (χ1) is 15.8. The number of hydrogen-bond donors (Lipinski definition) is 1. The molecule has 1 saturated heterocycles. The van der Waals surface area contributed by atoms with Crippen LogP contribution in [-0.4, -0.2) is 41.3 Å². The molecule has 1 aliphatic rings. The van der Waals surface area contributed by atoms with Crippen LogP contribution in [0.5, 0.6) is 0 Å². The Balaban J connectivity index is 1.39. The van der Waals surface area contributed by atoms with E-state index in [2.05, 4.69) is 17.2 Å². The fourth-order valence-corrected chi connectivity index (χ4v) is 5.39. The monoisotopic (exact) mass is 470 g/mol. The van der Waals surface area contributed by atoms with Gasteiger partial charge in [0, 0.05) is 37.6 Å². The lowest BCUT2D eigenvalue weighted by Gasteiger charge is -2.29. The minimum Gasteiger partial charge on any atom is -0.348 e. The van der Waals surface area contributed by atoms with Gasteiger partial charge in [-0.3, -0.25) is 4.79 Å². The number of aromatic nitrogens is 2. The second-order valence-corrected chi connectivity index (χ2v) is 10.4. The fourth-order valence-electron chi connectivity index (χ4n) is 3.93. The summed E-state index contributed by atoms with van der Waals surface area (Å²) >= 11 is 0. The Hall–Kier alpha value is -3.04. The maximum absolute atomic E-state index is 14.5. The summed E-state index contributed by atoms with van der Waals surface area (Å²) < 4.78 is 43.4. The van der Waals surface area contributed by atoms with Gasteiger partial charge >= 0.3 is 0 Å². The molecule has 3 aromatic rings. The van der Waals surface area contributed by atoms with Crippen molar-refractivity contribution in [3.63, 3.8) is 0 Å². The first kappa shape index (κ1) is 23.1. The average Bonchev–Trinajstić information content (AvgIpc) is 3.23. The third kappa shape index (κ3) is 4.99. The van der Waals surface area contributed by atoms with Gasteiger partial charge in [0.15, 0.2) is 0 Å². The average molecular weight is 471 g/mol. The molecular formula is C24H27FN4O3S. The van der Waals surface area contributed by atoms with E-state index in [4.69, 9.17) is 0 Å². The highest BCUT2D eigenvalue weighted by Gasteiger charge is 2.28. The molecule has 2 heterocycles. The Kier molecular flexibility index (Phi) is 6.62. The summed E-state index contributed by atoms with van der Waals surface area (Å²) in [5.41, 5.74) is 1.34. The molecule has 9 heteroatoms. The zero-order valence-corrected chi connectivity index (χ0v) is 19.5. The van der Waals surface area contributed by atoms with Crippen molar-refractivity contribution in [2.24, 2.45) is 5.92 Å². The Morgan fingerprint density at radius 3 is 2.45 bits per heavy atom. The molecule has 2 aromatic carbocycles. The highest BCUT2D eigenvalue weighted by molar-refractivity contribution is 7.89. The quantitative estimate of drug-likeness (QED) is 0.596. The van der Waals surface area contributed by atoms with E-state index in [9.17, 15) is 17.6 Å². The number of aryl methyl sites for hydroxylation is 1. The van der Waals surface area contributed by atoms with Gasteiger partial charge in [-0.2, -0.15) is 4.31 Å². The number of halogens is 1. The van der Waals surface area contributed by atoms with Crippen molar-refractivity contribution < 1.29 is 17.6 Å².